The molecule has 0 aromatic heterocycles. The number of carbonyl (C=O) groups is 3. The van der Waals surface area contributed by atoms with Crippen LogP contribution in [-0.2, 0) is 11.2 Å². The number of benzene rings is 2. The van der Waals surface area contributed by atoms with E-state index < -0.39 is 41.2 Å². The standard InChI is InChI=1S/C20H16O8/c1-8(21)16-10(4-13(23)7-15(25)26)2-9-3-11-5-12(22)6-14(24)17(11)20(28)18(9)19(16)27/h2,4-6,22-24,27H,3,7H2,1H3,(H,25,26)/b13-4-. The topological polar surface area (TPSA) is 152 Å². The molecular formula is C20H16O8. The van der Waals surface area contributed by atoms with Gasteiger partial charge in [0.25, 0.3) is 0 Å². The van der Waals surface area contributed by atoms with Crippen molar-refractivity contribution < 1.29 is 39.9 Å². The molecule has 8 heteroatoms. The zero-order chi connectivity index (χ0) is 20.7. The number of hydrogen-bond acceptors (Lipinski definition) is 7. The molecule has 1 aliphatic carbocycles. The maximum absolute atomic E-state index is 12.9. The van der Waals surface area contributed by atoms with E-state index in [1.807, 2.05) is 0 Å². The van der Waals surface area contributed by atoms with Crippen molar-refractivity contribution in [1.82, 2.24) is 0 Å². The number of fused-ring (bicyclic) bond motifs is 2. The molecule has 144 valence electrons. The molecule has 2 aromatic rings. The molecule has 0 spiro atoms. The van der Waals surface area contributed by atoms with Crippen molar-refractivity contribution in [1.29, 1.82) is 0 Å². The molecule has 1 aliphatic rings. The summed E-state index contributed by atoms with van der Waals surface area (Å²) < 4.78 is 0. The third-order valence-electron chi connectivity index (χ3n) is 4.44. The number of phenolic OH excluding ortho intramolecular Hbond substituents is 3. The van der Waals surface area contributed by atoms with Crippen LogP contribution in [0.1, 0.15) is 56.3 Å². The molecule has 0 saturated heterocycles. The van der Waals surface area contributed by atoms with Crippen LogP contribution < -0.4 is 0 Å². The number of phenols is 3. The number of aliphatic hydroxyl groups excluding tert-OH is 1. The SMILES string of the molecule is CC(=O)c1c(/C=C(\O)CC(=O)O)cc2c(c1O)C(=O)c1c(O)cc(O)cc1C2. The number of carboxylic acids is 1. The number of carbonyl (C=O) groups excluding carboxylic acids is 2. The zero-order valence-corrected chi connectivity index (χ0v) is 14.7. The first kappa shape index (κ1) is 19.0. The van der Waals surface area contributed by atoms with Crippen LogP contribution in [0.25, 0.3) is 6.08 Å². The molecule has 0 radical (unpaired) electrons. The summed E-state index contributed by atoms with van der Waals surface area (Å²) in [7, 11) is 0. The fourth-order valence-corrected chi connectivity index (χ4v) is 3.41. The van der Waals surface area contributed by atoms with E-state index in [1.165, 1.54) is 12.1 Å². The van der Waals surface area contributed by atoms with Gasteiger partial charge >= 0.3 is 5.97 Å². The summed E-state index contributed by atoms with van der Waals surface area (Å²) in [5.41, 5.74) is 0.212. The van der Waals surface area contributed by atoms with Gasteiger partial charge in [-0.15, -0.1) is 0 Å². The summed E-state index contributed by atoms with van der Waals surface area (Å²) >= 11 is 0. The van der Waals surface area contributed by atoms with E-state index in [4.69, 9.17) is 5.11 Å². The molecule has 3 rings (SSSR count). The third-order valence-corrected chi connectivity index (χ3v) is 4.44. The van der Waals surface area contributed by atoms with Crippen LogP contribution in [-0.4, -0.2) is 43.1 Å². The first-order chi connectivity index (χ1) is 13.1. The van der Waals surface area contributed by atoms with Gasteiger partial charge in [-0.05, 0) is 48.2 Å². The first-order valence-corrected chi connectivity index (χ1v) is 8.20. The van der Waals surface area contributed by atoms with E-state index in [2.05, 4.69) is 0 Å². The number of Topliss-reactive ketones (excluding diaryl/α,β-unsaturated/α-hetero) is 1. The molecular weight excluding hydrogens is 368 g/mol. The third kappa shape index (κ3) is 3.16. The van der Waals surface area contributed by atoms with Crippen LogP contribution in [0.5, 0.6) is 17.2 Å². The summed E-state index contributed by atoms with van der Waals surface area (Å²) in [6, 6.07) is 3.71. The Hall–Kier alpha value is -3.81. The smallest absolute Gasteiger partial charge is 0.311 e. The number of carboxylic acid groups (broad SMARTS) is 1. The maximum atomic E-state index is 12.9. The summed E-state index contributed by atoms with van der Waals surface area (Å²) in [4.78, 5) is 35.7. The van der Waals surface area contributed by atoms with Crippen molar-refractivity contribution in [2.24, 2.45) is 0 Å². The number of aliphatic hydroxyl groups is 1. The summed E-state index contributed by atoms with van der Waals surface area (Å²) in [6.07, 6.45) is 0.425. The fraction of sp³-hybridized carbons (Fsp3) is 0.150. The predicted molar refractivity (Wildman–Crippen MR) is 97.0 cm³/mol. The number of ketones is 2. The second-order valence-corrected chi connectivity index (χ2v) is 6.49. The minimum absolute atomic E-state index is 0.0584. The lowest BCUT2D eigenvalue weighted by Crippen LogP contribution is -2.17. The van der Waals surface area contributed by atoms with Crippen LogP contribution in [0.3, 0.4) is 0 Å². The Bertz CT molecular complexity index is 1080. The average molecular weight is 384 g/mol. The molecule has 0 heterocycles. The van der Waals surface area contributed by atoms with Crippen LogP contribution >= 0.6 is 0 Å². The van der Waals surface area contributed by atoms with E-state index in [9.17, 15) is 34.8 Å². The Balaban J connectivity index is 2.25. The Morgan fingerprint density at radius 3 is 2.29 bits per heavy atom. The maximum Gasteiger partial charge on any atom is 0.311 e. The molecule has 5 N–H and O–H groups in total. The minimum atomic E-state index is -1.28. The van der Waals surface area contributed by atoms with Crippen LogP contribution in [0.2, 0.25) is 0 Å². The van der Waals surface area contributed by atoms with Gasteiger partial charge < -0.3 is 25.5 Å². The van der Waals surface area contributed by atoms with Gasteiger partial charge in [-0.25, -0.2) is 0 Å². The highest BCUT2D eigenvalue weighted by atomic mass is 16.4. The largest absolute Gasteiger partial charge is 0.512 e. The number of rotatable bonds is 4. The Morgan fingerprint density at radius 1 is 1.04 bits per heavy atom. The van der Waals surface area contributed by atoms with Gasteiger partial charge in [0.1, 0.15) is 29.4 Å². The second kappa shape index (κ2) is 6.73. The van der Waals surface area contributed by atoms with Crippen molar-refractivity contribution in [3.63, 3.8) is 0 Å². The zero-order valence-electron chi connectivity index (χ0n) is 14.7. The van der Waals surface area contributed by atoms with Gasteiger partial charge in [-0.2, -0.15) is 0 Å². The molecule has 28 heavy (non-hydrogen) atoms. The molecule has 0 saturated carbocycles. The van der Waals surface area contributed by atoms with E-state index in [0.717, 1.165) is 19.1 Å². The number of aromatic hydroxyl groups is 3. The molecule has 0 unspecified atom stereocenters. The van der Waals surface area contributed by atoms with E-state index in [0.29, 0.717) is 11.1 Å². The highest BCUT2D eigenvalue weighted by Crippen LogP contribution is 2.41. The van der Waals surface area contributed by atoms with E-state index in [1.54, 1.807) is 0 Å². The number of aliphatic carboxylic acids is 1. The van der Waals surface area contributed by atoms with E-state index >= 15 is 0 Å². The molecule has 0 bridgehead atoms. The highest BCUT2D eigenvalue weighted by Gasteiger charge is 2.32. The fourth-order valence-electron chi connectivity index (χ4n) is 3.41. The highest BCUT2D eigenvalue weighted by molar-refractivity contribution is 6.17. The van der Waals surface area contributed by atoms with Crippen molar-refractivity contribution in [3.05, 3.63) is 57.3 Å². The lowest BCUT2D eigenvalue weighted by atomic mass is 9.81. The Labute approximate surface area is 158 Å². The summed E-state index contributed by atoms with van der Waals surface area (Å²) in [6.45, 7) is 1.16. The van der Waals surface area contributed by atoms with Gasteiger partial charge in [0, 0.05) is 6.07 Å². The second-order valence-electron chi connectivity index (χ2n) is 6.49. The van der Waals surface area contributed by atoms with Crippen LogP contribution in [0.4, 0.5) is 0 Å². The average Bonchev–Trinajstić information content (AvgIpc) is 2.51. The minimum Gasteiger partial charge on any atom is -0.512 e. The van der Waals surface area contributed by atoms with E-state index in [-0.39, 0.29) is 34.4 Å². The van der Waals surface area contributed by atoms with Gasteiger partial charge in [-0.1, -0.05) is 0 Å². The molecule has 2 aromatic carbocycles. The molecule has 0 amide bonds. The van der Waals surface area contributed by atoms with Crippen molar-refractivity contribution in [2.45, 2.75) is 19.8 Å². The molecule has 0 aliphatic heterocycles. The van der Waals surface area contributed by atoms with Crippen molar-refractivity contribution >= 4 is 23.6 Å². The Morgan fingerprint density at radius 2 is 1.68 bits per heavy atom. The summed E-state index contributed by atoms with van der Waals surface area (Å²) in [5.74, 6) is -4.42. The predicted octanol–water partition coefficient (Wildman–Crippen LogP) is 2.51. The Kier molecular flexibility index (Phi) is 4.56. The lowest BCUT2D eigenvalue weighted by Gasteiger charge is -2.22. The first-order valence-electron chi connectivity index (χ1n) is 8.20. The van der Waals surface area contributed by atoms with Crippen LogP contribution in [0.15, 0.2) is 24.0 Å². The lowest BCUT2D eigenvalue weighted by molar-refractivity contribution is -0.136. The normalized spacial score (nSPS) is 13.0. The monoisotopic (exact) mass is 384 g/mol. The summed E-state index contributed by atoms with van der Waals surface area (Å²) in [5, 5.41) is 48.9. The van der Waals surface area contributed by atoms with Gasteiger partial charge in [0.15, 0.2) is 5.78 Å². The molecule has 0 atom stereocenters. The van der Waals surface area contributed by atoms with Crippen molar-refractivity contribution in [3.8, 4) is 17.2 Å². The van der Waals surface area contributed by atoms with Gasteiger partial charge in [0.05, 0.1) is 16.7 Å². The van der Waals surface area contributed by atoms with Gasteiger partial charge in [0.2, 0.25) is 5.78 Å². The molecule has 8 nitrogen and oxygen atoms in total. The molecule has 0 fully saturated rings. The number of hydrogen-bond donors (Lipinski definition) is 5. The van der Waals surface area contributed by atoms with Crippen molar-refractivity contribution in [2.75, 3.05) is 0 Å². The quantitative estimate of drug-likeness (QED) is 0.340. The van der Waals surface area contributed by atoms with Gasteiger partial charge in [-0.3, -0.25) is 14.4 Å². The van der Waals surface area contributed by atoms with Crippen LogP contribution in [0, 0.1) is 0 Å².